The highest BCUT2D eigenvalue weighted by Gasteiger charge is 2.31. The Bertz CT molecular complexity index is 811. The van der Waals surface area contributed by atoms with Crippen molar-refractivity contribution in [3.05, 3.63) is 58.6 Å². The SMILES string of the molecule is C[C@H](Oc1ccc(C(C)(C)C)cc1)C(=O)Nc1cc(C(F)(F)F)ccc1Cl. The van der Waals surface area contributed by atoms with Gasteiger partial charge in [0.2, 0.25) is 0 Å². The fraction of sp³-hybridized carbons (Fsp3) is 0.350. The Hall–Kier alpha value is -2.21. The minimum Gasteiger partial charge on any atom is -0.481 e. The lowest BCUT2D eigenvalue weighted by Crippen LogP contribution is -2.30. The molecule has 7 heteroatoms. The molecule has 27 heavy (non-hydrogen) atoms. The van der Waals surface area contributed by atoms with Crippen molar-refractivity contribution in [1.82, 2.24) is 0 Å². The molecular formula is C20H21ClF3NO2. The molecule has 0 heterocycles. The van der Waals surface area contributed by atoms with Gasteiger partial charge in [-0.05, 0) is 48.2 Å². The molecule has 2 rings (SSSR count). The molecule has 3 nitrogen and oxygen atoms in total. The third-order valence-corrected chi connectivity index (χ3v) is 4.28. The van der Waals surface area contributed by atoms with Gasteiger partial charge in [0.05, 0.1) is 16.3 Å². The van der Waals surface area contributed by atoms with Gasteiger partial charge in [0, 0.05) is 0 Å². The van der Waals surface area contributed by atoms with Crippen LogP contribution in [0, 0.1) is 0 Å². The lowest BCUT2D eigenvalue weighted by atomic mass is 9.87. The van der Waals surface area contributed by atoms with Crippen LogP contribution in [-0.2, 0) is 16.4 Å². The van der Waals surface area contributed by atoms with Crippen LogP contribution in [0.25, 0.3) is 0 Å². The summed E-state index contributed by atoms with van der Waals surface area (Å²) in [5.74, 6) is -0.114. The number of halogens is 4. The molecule has 0 spiro atoms. The predicted molar refractivity (Wildman–Crippen MR) is 100 cm³/mol. The Morgan fingerprint density at radius 3 is 2.11 bits per heavy atom. The first-order valence-corrected chi connectivity index (χ1v) is 8.70. The van der Waals surface area contributed by atoms with Crippen LogP contribution in [0.5, 0.6) is 5.75 Å². The number of hydrogen-bond acceptors (Lipinski definition) is 2. The number of amides is 1. The van der Waals surface area contributed by atoms with E-state index in [2.05, 4.69) is 26.1 Å². The van der Waals surface area contributed by atoms with E-state index >= 15 is 0 Å². The summed E-state index contributed by atoms with van der Waals surface area (Å²) in [6.07, 6.45) is -5.45. The van der Waals surface area contributed by atoms with Crippen molar-refractivity contribution in [3.8, 4) is 5.75 Å². The van der Waals surface area contributed by atoms with E-state index in [1.54, 1.807) is 12.1 Å². The Labute approximate surface area is 161 Å². The molecule has 0 radical (unpaired) electrons. The maximum Gasteiger partial charge on any atom is 0.416 e. The van der Waals surface area contributed by atoms with Crippen molar-refractivity contribution in [1.29, 1.82) is 0 Å². The number of ether oxygens (including phenoxy) is 1. The maximum absolute atomic E-state index is 12.8. The van der Waals surface area contributed by atoms with E-state index in [0.29, 0.717) is 5.75 Å². The second-order valence-electron chi connectivity index (χ2n) is 7.22. The second kappa shape index (κ2) is 7.80. The van der Waals surface area contributed by atoms with Gasteiger partial charge in [-0.15, -0.1) is 0 Å². The molecule has 2 aromatic carbocycles. The zero-order valence-electron chi connectivity index (χ0n) is 15.4. The van der Waals surface area contributed by atoms with Crippen molar-refractivity contribution >= 4 is 23.2 Å². The van der Waals surface area contributed by atoms with E-state index in [4.69, 9.17) is 16.3 Å². The molecule has 0 saturated heterocycles. The number of hydrogen-bond donors (Lipinski definition) is 1. The molecule has 0 aliphatic rings. The summed E-state index contributed by atoms with van der Waals surface area (Å²) < 4.78 is 44.0. The highest BCUT2D eigenvalue weighted by Crippen LogP contribution is 2.34. The summed E-state index contributed by atoms with van der Waals surface area (Å²) in [7, 11) is 0. The minimum absolute atomic E-state index is 0.0121. The minimum atomic E-state index is -4.53. The van der Waals surface area contributed by atoms with Crippen LogP contribution in [0.15, 0.2) is 42.5 Å². The molecule has 2 aromatic rings. The Kier molecular flexibility index (Phi) is 6.10. The standard InChI is InChI=1S/C20H21ClF3NO2/c1-12(27-15-8-5-13(6-9-15)19(2,3)4)18(26)25-17-11-14(20(22,23)24)7-10-16(17)21/h5-12H,1-4H3,(H,25,26)/t12-/m0/s1. The van der Waals surface area contributed by atoms with Crippen LogP contribution in [0.3, 0.4) is 0 Å². The van der Waals surface area contributed by atoms with E-state index in [0.717, 1.165) is 23.8 Å². The number of rotatable bonds is 4. The van der Waals surface area contributed by atoms with Crippen LogP contribution >= 0.6 is 11.6 Å². The van der Waals surface area contributed by atoms with E-state index in [-0.39, 0.29) is 16.1 Å². The third-order valence-electron chi connectivity index (χ3n) is 3.95. The first-order valence-electron chi connectivity index (χ1n) is 8.33. The number of anilines is 1. The number of carbonyl (C=O) groups excluding carboxylic acids is 1. The fourth-order valence-corrected chi connectivity index (χ4v) is 2.49. The van der Waals surface area contributed by atoms with Crippen LogP contribution in [0.1, 0.15) is 38.8 Å². The van der Waals surface area contributed by atoms with Crippen LogP contribution in [0.2, 0.25) is 5.02 Å². The largest absolute Gasteiger partial charge is 0.481 e. The molecule has 0 bridgehead atoms. The Balaban J connectivity index is 2.08. The second-order valence-corrected chi connectivity index (χ2v) is 7.62. The van der Waals surface area contributed by atoms with Gasteiger partial charge in [0.25, 0.3) is 5.91 Å². The average molecular weight is 400 g/mol. The first kappa shape index (κ1) is 21.1. The van der Waals surface area contributed by atoms with E-state index in [1.807, 2.05) is 12.1 Å². The zero-order chi connectivity index (χ0) is 20.4. The summed E-state index contributed by atoms with van der Waals surface area (Å²) in [5, 5.41) is 2.39. The number of carbonyl (C=O) groups is 1. The quantitative estimate of drug-likeness (QED) is 0.678. The van der Waals surface area contributed by atoms with Gasteiger partial charge >= 0.3 is 6.18 Å². The fourth-order valence-electron chi connectivity index (χ4n) is 2.32. The normalized spacial score (nSPS) is 13.2. The highest BCUT2D eigenvalue weighted by atomic mass is 35.5. The molecule has 0 aliphatic carbocycles. The predicted octanol–water partition coefficient (Wildman–Crippen LogP) is 6.06. The van der Waals surface area contributed by atoms with Crippen molar-refractivity contribution in [2.45, 2.75) is 45.4 Å². The van der Waals surface area contributed by atoms with Gasteiger partial charge in [-0.1, -0.05) is 44.5 Å². The summed E-state index contributed by atoms with van der Waals surface area (Å²) in [6.45, 7) is 7.75. The van der Waals surface area contributed by atoms with E-state index < -0.39 is 23.8 Å². The van der Waals surface area contributed by atoms with Crippen LogP contribution in [-0.4, -0.2) is 12.0 Å². The molecule has 0 unspecified atom stereocenters. The topological polar surface area (TPSA) is 38.3 Å². The van der Waals surface area contributed by atoms with Crippen LogP contribution in [0.4, 0.5) is 18.9 Å². The number of alkyl halides is 3. The Morgan fingerprint density at radius 2 is 1.59 bits per heavy atom. The smallest absolute Gasteiger partial charge is 0.416 e. The summed E-state index contributed by atoms with van der Waals surface area (Å²) in [6, 6.07) is 10.1. The average Bonchev–Trinajstić information content (AvgIpc) is 2.55. The summed E-state index contributed by atoms with van der Waals surface area (Å²) in [4.78, 5) is 12.3. The monoisotopic (exact) mass is 399 g/mol. The number of nitrogens with one attached hydrogen (secondary N) is 1. The van der Waals surface area contributed by atoms with Gasteiger partial charge in [-0.25, -0.2) is 0 Å². The molecule has 0 aliphatic heterocycles. The summed E-state index contributed by atoms with van der Waals surface area (Å²) >= 11 is 5.89. The van der Waals surface area contributed by atoms with Crippen molar-refractivity contribution < 1.29 is 22.7 Å². The van der Waals surface area contributed by atoms with E-state index in [1.165, 1.54) is 6.92 Å². The Morgan fingerprint density at radius 1 is 1.04 bits per heavy atom. The molecule has 0 aromatic heterocycles. The molecule has 0 saturated carbocycles. The van der Waals surface area contributed by atoms with Crippen LogP contribution < -0.4 is 10.1 Å². The molecule has 1 atom stereocenters. The van der Waals surface area contributed by atoms with Gasteiger partial charge in [0.1, 0.15) is 5.75 Å². The van der Waals surface area contributed by atoms with Gasteiger partial charge < -0.3 is 10.1 Å². The van der Waals surface area contributed by atoms with E-state index in [9.17, 15) is 18.0 Å². The lowest BCUT2D eigenvalue weighted by Gasteiger charge is -2.20. The molecular weight excluding hydrogens is 379 g/mol. The highest BCUT2D eigenvalue weighted by molar-refractivity contribution is 6.33. The van der Waals surface area contributed by atoms with Gasteiger partial charge in [0.15, 0.2) is 6.10 Å². The van der Waals surface area contributed by atoms with Crippen molar-refractivity contribution in [2.24, 2.45) is 0 Å². The first-order chi connectivity index (χ1) is 12.4. The molecule has 1 amide bonds. The van der Waals surface area contributed by atoms with Crippen molar-refractivity contribution in [2.75, 3.05) is 5.32 Å². The lowest BCUT2D eigenvalue weighted by molar-refractivity contribution is -0.137. The van der Waals surface area contributed by atoms with Gasteiger partial charge in [-0.2, -0.15) is 13.2 Å². The number of benzene rings is 2. The maximum atomic E-state index is 12.8. The molecule has 1 N–H and O–H groups in total. The summed E-state index contributed by atoms with van der Waals surface area (Å²) in [5.41, 5.74) is 0.0909. The third kappa shape index (κ3) is 5.63. The molecule has 146 valence electrons. The van der Waals surface area contributed by atoms with Gasteiger partial charge in [-0.3, -0.25) is 4.79 Å². The zero-order valence-corrected chi connectivity index (χ0v) is 16.2. The molecule has 0 fully saturated rings. The van der Waals surface area contributed by atoms with Crippen molar-refractivity contribution in [3.63, 3.8) is 0 Å².